The van der Waals surface area contributed by atoms with E-state index in [-0.39, 0.29) is 23.8 Å². The number of aromatic nitrogens is 3. The lowest BCUT2D eigenvalue weighted by molar-refractivity contribution is -0.144. The number of thioether (sulfide) groups is 1. The number of nitrogens with zero attached hydrogens (tertiary/aromatic N) is 5. The van der Waals surface area contributed by atoms with Crippen molar-refractivity contribution < 1.29 is 9.59 Å². The first-order chi connectivity index (χ1) is 14.8. The molecule has 0 saturated carbocycles. The maximum atomic E-state index is 12.7. The van der Waals surface area contributed by atoms with Crippen molar-refractivity contribution in [1.82, 2.24) is 24.6 Å². The van der Waals surface area contributed by atoms with Crippen molar-refractivity contribution in [3.63, 3.8) is 0 Å². The Hall–Kier alpha value is -2.35. The third-order valence-electron chi connectivity index (χ3n) is 5.61. The van der Waals surface area contributed by atoms with E-state index in [2.05, 4.69) is 46.0 Å². The van der Waals surface area contributed by atoms with Crippen LogP contribution in [0.1, 0.15) is 45.0 Å². The predicted molar refractivity (Wildman–Crippen MR) is 123 cm³/mol. The van der Waals surface area contributed by atoms with Crippen molar-refractivity contribution >= 4 is 23.6 Å². The van der Waals surface area contributed by atoms with Gasteiger partial charge < -0.3 is 9.80 Å². The summed E-state index contributed by atoms with van der Waals surface area (Å²) in [5.41, 5.74) is 2.26. The van der Waals surface area contributed by atoms with Crippen LogP contribution in [-0.2, 0) is 9.59 Å². The molecule has 1 aliphatic rings. The van der Waals surface area contributed by atoms with E-state index < -0.39 is 0 Å². The first-order valence-electron chi connectivity index (χ1n) is 11.0. The van der Waals surface area contributed by atoms with E-state index >= 15 is 0 Å². The molecule has 1 fully saturated rings. The molecule has 3 rings (SSSR count). The van der Waals surface area contributed by atoms with Gasteiger partial charge in [-0.15, -0.1) is 10.2 Å². The van der Waals surface area contributed by atoms with Gasteiger partial charge in [-0.25, -0.2) is 0 Å². The van der Waals surface area contributed by atoms with Crippen molar-refractivity contribution in [2.75, 3.05) is 25.4 Å². The third-order valence-corrected chi connectivity index (χ3v) is 6.63. The minimum Gasteiger partial charge on any atom is -0.339 e. The van der Waals surface area contributed by atoms with Gasteiger partial charge in [-0.05, 0) is 39.3 Å². The van der Waals surface area contributed by atoms with Crippen molar-refractivity contribution in [3.8, 4) is 5.69 Å². The summed E-state index contributed by atoms with van der Waals surface area (Å²) in [5.74, 6) is 1.98. The number of rotatable bonds is 7. The molecular weight excluding hydrogens is 410 g/mol. The highest BCUT2D eigenvalue weighted by atomic mass is 32.2. The number of carbonyl (C=O) groups is 2. The molecule has 8 heteroatoms. The molecule has 7 nitrogen and oxygen atoms in total. The van der Waals surface area contributed by atoms with E-state index in [1.807, 2.05) is 37.5 Å². The molecule has 1 aromatic carbocycles. The second-order valence-electron chi connectivity index (χ2n) is 8.53. The van der Waals surface area contributed by atoms with Gasteiger partial charge in [-0.2, -0.15) is 0 Å². The van der Waals surface area contributed by atoms with Crippen LogP contribution in [-0.4, -0.2) is 67.8 Å². The van der Waals surface area contributed by atoms with Crippen LogP contribution in [0.15, 0.2) is 29.4 Å². The largest absolute Gasteiger partial charge is 0.339 e. The summed E-state index contributed by atoms with van der Waals surface area (Å²) in [7, 11) is 0. The first kappa shape index (κ1) is 23.3. The molecule has 0 bridgehead atoms. The Balaban J connectivity index is 1.48. The monoisotopic (exact) mass is 443 g/mol. The van der Waals surface area contributed by atoms with E-state index in [4.69, 9.17) is 0 Å². The molecule has 1 saturated heterocycles. The molecule has 2 heterocycles. The number of carbonyl (C=O) groups excluding carboxylic acids is 2. The molecule has 31 heavy (non-hydrogen) atoms. The molecule has 0 aliphatic carbocycles. The second-order valence-corrected chi connectivity index (χ2v) is 9.59. The molecule has 0 spiro atoms. The lowest BCUT2D eigenvalue weighted by atomic mass is 10.1. The fourth-order valence-corrected chi connectivity index (χ4v) is 4.75. The number of piperazine rings is 1. The second kappa shape index (κ2) is 10.3. The normalized spacial score (nSPS) is 16.8. The maximum absolute atomic E-state index is 12.7. The maximum Gasteiger partial charge on any atom is 0.225 e. The van der Waals surface area contributed by atoms with Crippen LogP contribution in [0.5, 0.6) is 0 Å². The molecular formula is C23H33N5O2S. The molecule has 0 N–H and O–H groups in total. The highest BCUT2D eigenvalue weighted by molar-refractivity contribution is 7.99. The van der Waals surface area contributed by atoms with E-state index in [0.717, 1.165) is 28.8 Å². The van der Waals surface area contributed by atoms with Gasteiger partial charge in [0.25, 0.3) is 0 Å². The molecule has 1 atom stereocenters. The van der Waals surface area contributed by atoms with Crippen LogP contribution in [0.4, 0.5) is 0 Å². The summed E-state index contributed by atoms with van der Waals surface area (Å²) in [6, 6.07) is 8.38. The molecule has 1 aromatic heterocycles. The van der Waals surface area contributed by atoms with Gasteiger partial charge in [0.15, 0.2) is 5.16 Å². The van der Waals surface area contributed by atoms with Gasteiger partial charge in [0.2, 0.25) is 11.8 Å². The summed E-state index contributed by atoms with van der Waals surface area (Å²) in [6.45, 7) is 11.7. The van der Waals surface area contributed by atoms with E-state index in [1.54, 1.807) is 11.8 Å². The molecule has 1 aliphatic heterocycles. The third kappa shape index (κ3) is 5.67. The summed E-state index contributed by atoms with van der Waals surface area (Å²) in [4.78, 5) is 28.8. The topological polar surface area (TPSA) is 71.3 Å². The lowest BCUT2D eigenvalue weighted by Crippen LogP contribution is -2.56. The van der Waals surface area contributed by atoms with Crippen LogP contribution < -0.4 is 0 Å². The van der Waals surface area contributed by atoms with E-state index in [9.17, 15) is 9.59 Å². The highest BCUT2D eigenvalue weighted by Crippen LogP contribution is 2.23. The SMILES string of the molecule is Cc1ccc(-n2c(C)nnc2SCCCC(=O)N2CCN(C(=O)C(C)C)C(C)C2)cc1. The zero-order valence-electron chi connectivity index (χ0n) is 19.2. The van der Waals surface area contributed by atoms with E-state index in [1.165, 1.54) is 5.56 Å². The number of hydrogen-bond acceptors (Lipinski definition) is 5. The molecule has 2 aromatic rings. The van der Waals surface area contributed by atoms with Gasteiger partial charge in [-0.1, -0.05) is 43.3 Å². The van der Waals surface area contributed by atoms with E-state index in [0.29, 0.717) is 26.1 Å². The molecule has 2 amide bonds. The van der Waals surface area contributed by atoms with Crippen LogP contribution >= 0.6 is 11.8 Å². The number of hydrogen-bond donors (Lipinski definition) is 0. The van der Waals surface area contributed by atoms with Gasteiger partial charge in [-0.3, -0.25) is 14.2 Å². The molecule has 0 radical (unpaired) electrons. The molecule has 1 unspecified atom stereocenters. The zero-order chi connectivity index (χ0) is 22.5. The smallest absolute Gasteiger partial charge is 0.225 e. The Morgan fingerprint density at radius 2 is 1.84 bits per heavy atom. The minimum atomic E-state index is -0.00711. The summed E-state index contributed by atoms with van der Waals surface area (Å²) >= 11 is 1.63. The van der Waals surface area contributed by atoms with Crippen molar-refractivity contribution in [3.05, 3.63) is 35.7 Å². The number of aryl methyl sites for hydroxylation is 2. The summed E-state index contributed by atoms with van der Waals surface area (Å²) in [6.07, 6.45) is 1.29. The van der Waals surface area contributed by atoms with Gasteiger partial charge in [0.1, 0.15) is 5.82 Å². The highest BCUT2D eigenvalue weighted by Gasteiger charge is 2.30. The fourth-order valence-electron chi connectivity index (χ4n) is 3.82. The van der Waals surface area contributed by atoms with Crippen LogP contribution in [0.25, 0.3) is 5.69 Å². The molecule has 168 valence electrons. The van der Waals surface area contributed by atoms with Crippen LogP contribution in [0, 0.1) is 19.8 Å². The van der Waals surface area contributed by atoms with Crippen LogP contribution in [0.2, 0.25) is 0 Å². The first-order valence-corrected chi connectivity index (χ1v) is 12.0. The Morgan fingerprint density at radius 3 is 2.48 bits per heavy atom. The number of amides is 2. The Bertz CT molecular complexity index is 909. The quantitative estimate of drug-likeness (QED) is 0.484. The van der Waals surface area contributed by atoms with Gasteiger partial charge in [0, 0.05) is 49.5 Å². The zero-order valence-corrected chi connectivity index (χ0v) is 20.0. The number of benzene rings is 1. The van der Waals surface area contributed by atoms with Crippen molar-refractivity contribution in [1.29, 1.82) is 0 Å². The Kier molecular flexibility index (Phi) is 7.75. The fraction of sp³-hybridized carbons (Fsp3) is 0.565. The summed E-state index contributed by atoms with van der Waals surface area (Å²) < 4.78 is 2.05. The van der Waals surface area contributed by atoms with Gasteiger partial charge >= 0.3 is 0 Å². The standard InChI is InChI=1S/C23H33N5O2S/c1-16(2)22(30)27-13-12-26(15-18(27)4)21(29)7-6-14-31-23-25-24-19(5)28(23)20-10-8-17(3)9-11-20/h8-11,16,18H,6-7,12-15H2,1-5H3. The Labute approximate surface area is 189 Å². The van der Waals surface area contributed by atoms with Crippen molar-refractivity contribution in [2.45, 2.75) is 58.7 Å². The van der Waals surface area contributed by atoms with Crippen LogP contribution in [0.3, 0.4) is 0 Å². The predicted octanol–water partition coefficient (Wildman–Crippen LogP) is 3.47. The average Bonchev–Trinajstić information content (AvgIpc) is 3.11. The lowest BCUT2D eigenvalue weighted by Gasteiger charge is -2.40. The van der Waals surface area contributed by atoms with Gasteiger partial charge in [0.05, 0.1) is 0 Å². The van der Waals surface area contributed by atoms with Crippen molar-refractivity contribution in [2.24, 2.45) is 5.92 Å². The minimum absolute atomic E-state index is 0.00711. The Morgan fingerprint density at radius 1 is 1.13 bits per heavy atom. The average molecular weight is 444 g/mol. The summed E-state index contributed by atoms with van der Waals surface area (Å²) in [5, 5.41) is 9.39.